The first-order valence-corrected chi connectivity index (χ1v) is 14.8. The van der Waals surface area contributed by atoms with Crippen LogP contribution in [0.2, 0.25) is 0 Å². The summed E-state index contributed by atoms with van der Waals surface area (Å²) < 4.78 is 248. The van der Waals surface area contributed by atoms with Crippen LogP contribution < -0.4 is 0 Å². The second-order valence-electron chi connectivity index (χ2n) is 10.8. The van der Waals surface area contributed by atoms with Crippen LogP contribution in [-0.2, 0) is 0 Å². The van der Waals surface area contributed by atoms with Crippen molar-refractivity contribution in [1.29, 1.82) is 0 Å². The van der Waals surface area contributed by atoms with E-state index >= 15 is 0 Å². The summed E-state index contributed by atoms with van der Waals surface area (Å²) >= 11 is 0. The minimum atomic E-state index is -0.967. The highest BCUT2D eigenvalue weighted by Crippen LogP contribution is 2.41. The Morgan fingerprint density at radius 3 is 1.67 bits per heavy atom. The minimum Gasteiger partial charge on any atom is -0.456 e. The zero-order valence-electron chi connectivity index (χ0n) is 52.1. The van der Waals surface area contributed by atoms with Crippen LogP contribution in [0, 0.1) is 0 Å². The third kappa shape index (κ3) is 4.14. The second kappa shape index (κ2) is 10.7. The molecule has 6 nitrogen and oxygen atoms in total. The topological polar surface area (TPSA) is 61.7 Å². The quantitative estimate of drug-likeness (QED) is 0.186. The molecule has 0 spiro atoms. The van der Waals surface area contributed by atoms with Crippen molar-refractivity contribution >= 4 is 65.6 Å². The SMILES string of the molecule is [2H]c1c([2H])c([2H])c(-c2nc(-c3c([2H])c([2H])c4c(oc5c([2H])c([2H])c([2H])c([2H])c54)c3[2H])nc(-n3c4c([2H])c([2H])c([2H])c([2H])c4c4c([2H])c([2H])c5c6c([2H])c([2H])c([2H])c([2H])c6n(-c6c([2H])c([2H])c([2H])c([2H])c6[2H])c5c43)n2)c([2H])c1[2H]. The van der Waals surface area contributed by atoms with Gasteiger partial charge in [0, 0.05) is 49.1 Å². The molecule has 238 valence electrons. The lowest BCUT2D eigenvalue weighted by atomic mass is 10.1. The molecule has 4 heterocycles. The summed E-state index contributed by atoms with van der Waals surface area (Å²) in [4.78, 5) is 13.5. The number of aromatic nitrogens is 5. The van der Waals surface area contributed by atoms with Crippen LogP contribution in [0.5, 0.6) is 0 Å². The Labute approximate surface area is 329 Å². The van der Waals surface area contributed by atoms with Crippen molar-refractivity contribution in [2.75, 3.05) is 0 Å². The summed E-state index contributed by atoms with van der Waals surface area (Å²) in [7, 11) is 0. The Hall–Kier alpha value is -7.05. The van der Waals surface area contributed by atoms with Gasteiger partial charge in [-0.3, -0.25) is 4.57 Å². The van der Waals surface area contributed by atoms with Gasteiger partial charge in [-0.25, -0.2) is 4.98 Å². The first-order chi connectivity index (χ1) is 36.5. The number of nitrogens with zero attached hydrogens (tertiary/aromatic N) is 5. The molecular weight excluding hydrogens is 627 g/mol. The van der Waals surface area contributed by atoms with Crippen LogP contribution in [0.4, 0.5) is 0 Å². The fourth-order valence-corrected chi connectivity index (χ4v) is 6.05. The summed E-state index contributed by atoms with van der Waals surface area (Å²) in [6.07, 6.45) is 0. The number of fused-ring (bicyclic) bond motifs is 10. The van der Waals surface area contributed by atoms with Crippen molar-refractivity contribution in [3.05, 3.63) is 163 Å². The smallest absolute Gasteiger partial charge is 0.238 e. The third-order valence-electron chi connectivity index (χ3n) is 8.11. The molecule has 0 radical (unpaired) electrons. The highest BCUT2D eigenvalue weighted by molar-refractivity contribution is 6.23. The van der Waals surface area contributed by atoms with E-state index in [0.717, 1.165) is 9.13 Å². The molecule has 51 heavy (non-hydrogen) atoms. The molecular formula is C45H27N5O. The Morgan fingerprint density at radius 1 is 0.412 bits per heavy atom. The Balaban J connectivity index is 1.46. The Kier molecular flexibility index (Phi) is 2.60. The third-order valence-corrected chi connectivity index (χ3v) is 8.11. The van der Waals surface area contributed by atoms with E-state index in [1.165, 1.54) is 0 Å². The van der Waals surface area contributed by atoms with Gasteiger partial charge in [0.25, 0.3) is 0 Å². The second-order valence-corrected chi connectivity index (χ2v) is 10.8. The van der Waals surface area contributed by atoms with Crippen LogP contribution in [0.25, 0.3) is 100.0 Å². The molecule has 0 unspecified atom stereocenters. The summed E-state index contributed by atoms with van der Waals surface area (Å²) in [5, 5.41) is -3.04. The first kappa shape index (κ1) is 12.4. The van der Waals surface area contributed by atoms with Gasteiger partial charge >= 0.3 is 0 Å². The summed E-state index contributed by atoms with van der Waals surface area (Å²) in [5.74, 6) is -2.66. The molecule has 11 aromatic rings. The number of furan rings is 1. The molecule has 0 amide bonds. The van der Waals surface area contributed by atoms with E-state index in [4.69, 9.17) is 26.3 Å². The lowest BCUT2D eigenvalue weighted by Gasteiger charge is -2.13. The predicted molar refractivity (Wildman–Crippen MR) is 207 cm³/mol. The van der Waals surface area contributed by atoms with Gasteiger partial charge in [0.05, 0.1) is 59.1 Å². The van der Waals surface area contributed by atoms with Crippen molar-refractivity contribution < 1.29 is 41.4 Å². The summed E-state index contributed by atoms with van der Waals surface area (Å²) in [5.41, 5.74) is -5.93. The van der Waals surface area contributed by atoms with Crippen LogP contribution in [0.1, 0.15) is 37.0 Å². The minimum absolute atomic E-state index is 0.370. The van der Waals surface area contributed by atoms with Gasteiger partial charge in [-0.2, -0.15) is 9.97 Å². The lowest BCUT2D eigenvalue weighted by molar-refractivity contribution is 0.669. The average Bonchev–Trinajstić information content (AvgIpc) is 4.31. The van der Waals surface area contributed by atoms with E-state index in [-0.39, 0.29) is 5.39 Å². The molecule has 0 aliphatic rings. The molecule has 0 aliphatic carbocycles. The zero-order chi connectivity index (χ0) is 57.0. The van der Waals surface area contributed by atoms with E-state index < -0.39 is 258 Å². The van der Waals surface area contributed by atoms with Crippen molar-refractivity contribution in [3.63, 3.8) is 0 Å². The molecule has 7 aromatic carbocycles. The van der Waals surface area contributed by atoms with E-state index in [2.05, 4.69) is 15.0 Å². The average molecular weight is 681 g/mol. The molecule has 11 rings (SSSR count). The molecule has 0 fully saturated rings. The normalized spacial score (nSPS) is 19.3. The van der Waals surface area contributed by atoms with Crippen molar-refractivity contribution in [1.82, 2.24) is 24.1 Å². The van der Waals surface area contributed by atoms with E-state index in [1.54, 1.807) is 0 Å². The molecule has 0 atom stereocenters. The maximum Gasteiger partial charge on any atom is 0.238 e. The molecule has 6 heteroatoms. The predicted octanol–water partition coefficient (Wildman–Crippen LogP) is 11.3. The fraction of sp³-hybridized carbons (Fsp3) is 0. The maximum absolute atomic E-state index is 9.64. The summed E-state index contributed by atoms with van der Waals surface area (Å²) in [6, 6.07) is -23.7. The van der Waals surface area contributed by atoms with Crippen molar-refractivity contribution in [3.8, 4) is 34.4 Å². The van der Waals surface area contributed by atoms with Crippen molar-refractivity contribution in [2.24, 2.45) is 0 Å². The van der Waals surface area contributed by atoms with E-state index in [1.807, 2.05) is 0 Å². The van der Waals surface area contributed by atoms with E-state index in [0.29, 0.717) is 0 Å². The lowest BCUT2D eigenvalue weighted by Crippen LogP contribution is -2.07. The van der Waals surface area contributed by atoms with Crippen LogP contribution in [0.3, 0.4) is 0 Å². The highest BCUT2D eigenvalue weighted by atomic mass is 16.3. The fourth-order valence-electron chi connectivity index (χ4n) is 6.05. The molecule has 0 N–H and O–H groups in total. The molecule has 4 aromatic heterocycles. The van der Waals surface area contributed by atoms with Gasteiger partial charge < -0.3 is 8.98 Å². The Bertz CT molecular complexity index is 4660. The number of hydrogen-bond donors (Lipinski definition) is 0. The first-order valence-electron chi connectivity index (χ1n) is 28.3. The van der Waals surface area contributed by atoms with Crippen molar-refractivity contribution in [2.45, 2.75) is 0 Å². The molecule has 0 saturated heterocycles. The van der Waals surface area contributed by atoms with E-state index in [9.17, 15) is 15.1 Å². The maximum atomic E-state index is 9.64. The van der Waals surface area contributed by atoms with Gasteiger partial charge in [0.2, 0.25) is 5.95 Å². The monoisotopic (exact) mass is 680 g/mol. The standard InChI is InChI=1S/C45H27N5O/c1-3-13-28(14-4-1)43-46-44(29-23-24-34-33-19-9-12-22-39(33)51-40(34)27-29)48-45(47-43)50-38-21-11-8-18-32(38)36-26-25-35-31-17-7-10-20-37(31)49(41(35)42(36)50)30-15-5-2-6-16-30/h1-27H/i1D,2D,3D,4D,5D,6D,7D,8D,9D,10D,11D,12D,13D,14D,15D,16D,17D,18D,19D,20D,21D,22D,23D,24D,25D,26D,27D. The van der Waals surface area contributed by atoms with Gasteiger partial charge in [-0.1, -0.05) is 121 Å². The molecule has 0 saturated carbocycles. The number of para-hydroxylation sites is 4. The number of rotatable bonds is 4. The van der Waals surface area contributed by atoms with Gasteiger partial charge in [0.15, 0.2) is 11.6 Å². The van der Waals surface area contributed by atoms with Crippen LogP contribution in [0.15, 0.2) is 168 Å². The van der Waals surface area contributed by atoms with Crippen LogP contribution in [-0.4, -0.2) is 24.1 Å². The number of hydrogen-bond acceptors (Lipinski definition) is 4. The highest BCUT2D eigenvalue weighted by Gasteiger charge is 2.23. The largest absolute Gasteiger partial charge is 0.456 e. The van der Waals surface area contributed by atoms with Gasteiger partial charge in [0.1, 0.15) is 11.2 Å². The van der Waals surface area contributed by atoms with Crippen LogP contribution >= 0.6 is 0 Å². The van der Waals surface area contributed by atoms with Gasteiger partial charge in [-0.15, -0.1) is 0 Å². The number of benzene rings is 7. The van der Waals surface area contributed by atoms with Gasteiger partial charge in [-0.05, 0) is 42.3 Å². The molecule has 0 bridgehead atoms. The molecule has 0 aliphatic heterocycles. The summed E-state index contributed by atoms with van der Waals surface area (Å²) in [6.45, 7) is 0. The Morgan fingerprint density at radius 2 is 0.941 bits per heavy atom. The zero-order valence-corrected chi connectivity index (χ0v) is 25.1.